The van der Waals surface area contributed by atoms with Crippen LogP contribution in [0.4, 0.5) is 20.6 Å². The van der Waals surface area contributed by atoms with Crippen molar-refractivity contribution in [3.05, 3.63) is 59.4 Å². The molecule has 2 aliphatic heterocycles. The highest BCUT2D eigenvalue weighted by molar-refractivity contribution is 5.99. The molecule has 9 nitrogen and oxygen atoms in total. The van der Waals surface area contributed by atoms with Gasteiger partial charge >= 0.3 is 6.09 Å². The van der Waals surface area contributed by atoms with Crippen LogP contribution in [0.3, 0.4) is 0 Å². The maximum atomic E-state index is 13.3. The number of hydrogen-bond donors (Lipinski definition) is 2. The molecule has 36 heavy (non-hydrogen) atoms. The highest BCUT2D eigenvalue weighted by Gasteiger charge is 2.24. The van der Waals surface area contributed by atoms with E-state index in [2.05, 4.69) is 15.5 Å². The highest BCUT2D eigenvalue weighted by Crippen LogP contribution is 2.29. The number of halogens is 1. The number of benzene rings is 2. The van der Waals surface area contributed by atoms with Gasteiger partial charge in [0.1, 0.15) is 5.82 Å². The van der Waals surface area contributed by atoms with Gasteiger partial charge in [-0.3, -0.25) is 14.9 Å². The van der Waals surface area contributed by atoms with Gasteiger partial charge in [0.05, 0.1) is 18.5 Å². The Labute approximate surface area is 210 Å². The minimum atomic E-state index is -0.622. The fraction of sp³-hybridized carbons (Fsp3) is 0.423. The summed E-state index contributed by atoms with van der Waals surface area (Å²) in [6, 6.07) is 10.9. The number of nitrogens with zero attached hydrogens (tertiary/aromatic N) is 3. The van der Waals surface area contributed by atoms with Gasteiger partial charge < -0.3 is 24.8 Å². The van der Waals surface area contributed by atoms with Crippen LogP contribution in [0.25, 0.3) is 0 Å². The number of methoxy groups -OCH3 is 1. The van der Waals surface area contributed by atoms with Crippen LogP contribution in [0.1, 0.15) is 33.6 Å². The Morgan fingerprint density at radius 3 is 2.31 bits per heavy atom. The van der Waals surface area contributed by atoms with Crippen molar-refractivity contribution < 1.29 is 23.5 Å². The molecule has 2 saturated heterocycles. The fourth-order valence-corrected chi connectivity index (χ4v) is 4.57. The molecule has 10 heteroatoms. The van der Waals surface area contributed by atoms with E-state index in [1.54, 1.807) is 17.0 Å². The van der Waals surface area contributed by atoms with Gasteiger partial charge in [0.25, 0.3) is 11.8 Å². The first-order valence-electron chi connectivity index (χ1n) is 12.2. The van der Waals surface area contributed by atoms with E-state index in [9.17, 15) is 18.8 Å². The fourth-order valence-electron chi connectivity index (χ4n) is 4.57. The van der Waals surface area contributed by atoms with E-state index in [0.717, 1.165) is 25.2 Å². The summed E-state index contributed by atoms with van der Waals surface area (Å²) in [5.41, 5.74) is 2.18. The molecule has 2 N–H and O–H groups in total. The first kappa shape index (κ1) is 25.4. The summed E-state index contributed by atoms with van der Waals surface area (Å²) in [5, 5.41) is 6.04. The Morgan fingerprint density at radius 1 is 0.833 bits per heavy atom. The first-order valence-corrected chi connectivity index (χ1v) is 12.2. The van der Waals surface area contributed by atoms with Crippen molar-refractivity contribution in [3.63, 3.8) is 0 Å². The number of rotatable bonds is 4. The van der Waals surface area contributed by atoms with E-state index in [4.69, 9.17) is 4.74 Å². The quantitative estimate of drug-likeness (QED) is 0.675. The van der Waals surface area contributed by atoms with Crippen LogP contribution in [0, 0.1) is 5.82 Å². The second kappa shape index (κ2) is 11.9. The molecule has 2 aromatic rings. The lowest BCUT2D eigenvalue weighted by molar-refractivity contribution is 0.0759. The molecule has 0 bridgehead atoms. The van der Waals surface area contributed by atoms with Crippen molar-refractivity contribution in [2.24, 2.45) is 0 Å². The summed E-state index contributed by atoms with van der Waals surface area (Å²) in [6.45, 7) is 5.16. The molecule has 192 valence electrons. The molecule has 4 rings (SSSR count). The zero-order chi connectivity index (χ0) is 25.5. The number of amides is 3. The monoisotopic (exact) mass is 497 g/mol. The van der Waals surface area contributed by atoms with Crippen LogP contribution in [0.5, 0.6) is 0 Å². The number of nitrogens with one attached hydrogen (secondary N) is 2. The Kier molecular flexibility index (Phi) is 8.37. The number of hydrogen-bond acceptors (Lipinski definition) is 6. The van der Waals surface area contributed by atoms with Gasteiger partial charge in [-0.25, -0.2) is 9.18 Å². The van der Waals surface area contributed by atoms with E-state index in [0.29, 0.717) is 62.5 Å². The molecule has 0 saturated carbocycles. The van der Waals surface area contributed by atoms with Crippen molar-refractivity contribution in [2.75, 3.05) is 69.7 Å². The Bertz CT molecular complexity index is 1090. The van der Waals surface area contributed by atoms with Crippen molar-refractivity contribution >= 4 is 29.3 Å². The van der Waals surface area contributed by atoms with Crippen molar-refractivity contribution in [2.45, 2.75) is 12.8 Å². The zero-order valence-corrected chi connectivity index (χ0v) is 20.5. The molecule has 3 amide bonds. The van der Waals surface area contributed by atoms with Gasteiger partial charge in [-0.05, 0) is 61.9 Å². The molecular weight excluding hydrogens is 465 g/mol. The first-order chi connectivity index (χ1) is 17.5. The molecule has 0 radical (unpaired) electrons. The lowest BCUT2D eigenvalue weighted by Crippen LogP contribution is -2.35. The standard InChI is InChI=1S/C26H32FN5O4/c1-36-26(35)29-22-18-20(25(34)31-12-2-10-28-11-15-31)6-9-23(22)30-13-3-14-32(17-16-30)24(33)19-4-7-21(27)8-5-19/h4-9,18,28H,2-3,10-17H2,1H3,(H,29,35). The molecule has 2 fully saturated rings. The lowest BCUT2D eigenvalue weighted by Gasteiger charge is -2.27. The minimum Gasteiger partial charge on any atom is -0.453 e. The topological polar surface area (TPSA) is 94.2 Å². The second-order valence-corrected chi connectivity index (χ2v) is 8.88. The lowest BCUT2D eigenvalue weighted by atomic mass is 10.1. The number of ether oxygens (including phenoxy) is 1. The number of carbonyl (C=O) groups is 3. The molecule has 0 spiro atoms. The maximum absolute atomic E-state index is 13.3. The molecule has 2 aliphatic rings. The third-order valence-electron chi connectivity index (χ3n) is 6.51. The smallest absolute Gasteiger partial charge is 0.411 e. The van der Waals surface area contributed by atoms with E-state index in [1.807, 2.05) is 11.0 Å². The Balaban J connectivity index is 1.52. The predicted octanol–water partition coefficient (Wildman–Crippen LogP) is 2.79. The van der Waals surface area contributed by atoms with Gasteiger partial charge in [-0.15, -0.1) is 0 Å². The van der Waals surface area contributed by atoms with Crippen LogP contribution in [0.15, 0.2) is 42.5 Å². The van der Waals surface area contributed by atoms with E-state index >= 15 is 0 Å². The summed E-state index contributed by atoms with van der Waals surface area (Å²) in [4.78, 5) is 43.8. The van der Waals surface area contributed by atoms with Crippen molar-refractivity contribution in [1.82, 2.24) is 15.1 Å². The normalized spacial score (nSPS) is 16.7. The van der Waals surface area contributed by atoms with Gasteiger partial charge in [0, 0.05) is 56.9 Å². The molecule has 2 aromatic carbocycles. The zero-order valence-electron chi connectivity index (χ0n) is 20.5. The summed E-state index contributed by atoms with van der Waals surface area (Å²) in [6.07, 6.45) is 0.979. The third kappa shape index (κ3) is 6.12. The van der Waals surface area contributed by atoms with E-state index in [1.165, 1.54) is 31.4 Å². The van der Waals surface area contributed by atoms with Crippen LogP contribution >= 0.6 is 0 Å². The molecule has 0 aromatic heterocycles. The van der Waals surface area contributed by atoms with Gasteiger partial charge in [-0.2, -0.15) is 0 Å². The van der Waals surface area contributed by atoms with Crippen LogP contribution in [0.2, 0.25) is 0 Å². The Morgan fingerprint density at radius 2 is 1.53 bits per heavy atom. The third-order valence-corrected chi connectivity index (χ3v) is 6.51. The molecule has 0 unspecified atom stereocenters. The molecule has 0 aliphatic carbocycles. The van der Waals surface area contributed by atoms with Crippen LogP contribution < -0.4 is 15.5 Å². The minimum absolute atomic E-state index is 0.0786. The van der Waals surface area contributed by atoms with Crippen LogP contribution in [-0.4, -0.2) is 87.2 Å². The molecular formula is C26H32FN5O4. The van der Waals surface area contributed by atoms with E-state index in [-0.39, 0.29) is 17.6 Å². The van der Waals surface area contributed by atoms with Gasteiger partial charge in [-0.1, -0.05) is 0 Å². The molecule has 2 heterocycles. The second-order valence-electron chi connectivity index (χ2n) is 8.88. The average Bonchev–Trinajstić information content (AvgIpc) is 3.32. The summed E-state index contributed by atoms with van der Waals surface area (Å²) >= 11 is 0. The average molecular weight is 498 g/mol. The number of carbonyl (C=O) groups excluding carboxylic acids is 3. The largest absolute Gasteiger partial charge is 0.453 e. The van der Waals surface area contributed by atoms with Crippen LogP contribution in [-0.2, 0) is 4.74 Å². The molecule has 0 atom stereocenters. The van der Waals surface area contributed by atoms with Gasteiger partial charge in [0.2, 0.25) is 0 Å². The van der Waals surface area contributed by atoms with Gasteiger partial charge in [0.15, 0.2) is 0 Å². The summed E-state index contributed by atoms with van der Waals surface area (Å²) in [5.74, 6) is -0.601. The Hall–Kier alpha value is -3.66. The number of anilines is 2. The van der Waals surface area contributed by atoms with Crippen molar-refractivity contribution in [1.29, 1.82) is 0 Å². The van der Waals surface area contributed by atoms with E-state index < -0.39 is 6.09 Å². The highest BCUT2D eigenvalue weighted by atomic mass is 19.1. The summed E-state index contributed by atoms with van der Waals surface area (Å²) < 4.78 is 18.1. The predicted molar refractivity (Wildman–Crippen MR) is 135 cm³/mol. The van der Waals surface area contributed by atoms with Crippen molar-refractivity contribution in [3.8, 4) is 0 Å². The maximum Gasteiger partial charge on any atom is 0.411 e. The SMILES string of the molecule is COC(=O)Nc1cc(C(=O)N2CCCNCC2)ccc1N1CCCN(C(=O)c2ccc(F)cc2)CC1. The summed E-state index contributed by atoms with van der Waals surface area (Å²) in [7, 11) is 1.29.